The molecule has 0 spiro atoms. The molecule has 9 rings (SSSR count). The van der Waals surface area contributed by atoms with Crippen molar-refractivity contribution in [1.29, 1.82) is 0 Å². The van der Waals surface area contributed by atoms with Crippen molar-refractivity contribution in [2.45, 2.75) is 6.92 Å². The molecule has 0 radical (unpaired) electrons. The van der Waals surface area contributed by atoms with Gasteiger partial charge in [0.25, 0.3) is 0 Å². The van der Waals surface area contributed by atoms with Crippen molar-refractivity contribution in [3.8, 4) is 5.69 Å². The highest BCUT2D eigenvalue weighted by Gasteiger charge is 2.24. The molecule has 0 N–H and O–H groups in total. The van der Waals surface area contributed by atoms with E-state index in [1.54, 1.807) is 0 Å². The smallest absolute Gasteiger partial charge is 0.0641 e. The third kappa shape index (κ3) is 2.93. The zero-order valence-electron chi connectivity index (χ0n) is 23.1. The minimum Gasteiger partial charge on any atom is -0.309 e. The van der Waals surface area contributed by atoms with Crippen LogP contribution < -0.4 is 0 Å². The molecule has 2 nitrogen and oxygen atoms in total. The van der Waals surface area contributed by atoms with Gasteiger partial charge in [-0.2, -0.15) is 0 Å². The van der Waals surface area contributed by atoms with Crippen molar-refractivity contribution >= 4 is 91.6 Å². The largest absolute Gasteiger partial charge is 0.309 e. The fourth-order valence-corrected chi connectivity index (χ4v) is 8.36. The Labute approximate surface area is 246 Å². The van der Waals surface area contributed by atoms with Crippen LogP contribution in [-0.2, 0) is 0 Å². The third-order valence-electron chi connectivity index (χ3n) is 8.82. The van der Waals surface area contributed by atoms with Crippen LogP contribution in [0.3, 0.4) is 0 Å². The summed E-state index contributed by atoms with van der Waals surface area (Å²) in [5.74, 6) is 0. The lowest BCUT2D eigenvalue weighted by atomic mass is 9.99. The van der Waals surface area contributed by atoms with Gasteiger partial charge in [-0.05, 0) is 37.3 Å². The minimum absolute atomic E-state index is 1.09. The van der Waals surface area contributed by atoms with E-state index in [1.165, 1.54) is 80.2 Å². The monoisotopic (exact) mass is 554 g/mol. The van der Waals surface area contributed by atoms with Crippen molar-refractivity contribution in [2.24, 2.45) is 0 Å². The number of nitrogens with zero attached hydrogens (tertiary/aromatic N) is 2. The highest BCUT2D eigenvalue weighted by atomic mass is 32.1. The topological polar surface area (TPSA) is 9.86 Å². The third-order valence-corrected chi connectivity index (χ3v) is 10.0. The maximum absolute atomic E-state index is 4.19. The summed E-state index contributed by atoms with van der Waals surface area (Å²) in [6.07, 6.45) is 4.12. The zero-order valence-corrected chi connectivity index (χ0v) is 24.0. The predicted octanol–water partition coefficient (Wildman–Crippen LogP) is 11.5. The second-order valence-corrected chi connectivity index (χ2v) is 11.9. The van der Waals surface area contributed by atoms with Crippen molar-refractivity contribution in [3.05, 3.63) is 134 Å². The van der Waals surface area contributed by atoms with Gasteiger partial charge in [0.15, 0.2) is 0 Å². The van der Waals surface area contributed by atoms with Gasteiger partial charge in [0.05, 0.1) is 32.5 Å². The summed E-state index contributed by atoms with van der Waals surface area (Å²) >= 11 is 1.89. The Kier molecular flexibility index (Phi) is 4.88. The average Bonchev–Trinajstić information content (AvgIpc) is 3.70. The standard InChI is InChI=1S/C39H26N2S/c1-3-24(4-2)40-31-20-10-7-17-29(31)35-36-30-18-8-11-21-32(30)41(38(36)27-16-6-5-15-26(27)37(35)40)33-22-13-19-28-25-14-9-12-23-34(25)42-39(28)33/h3-23H,1H2,2H3/b24-4+. The number of allylic oxidation sites excluding steroid dienone is 3. The lowest BCUT2D eigenvalue weighted by Gasteiger charge is -2.14. The molecular formula is C39H26N2S. The van der Waals surface area contributed by atoms with Gasteiger partial charge in [-0.15, -0.1) is 11.3 Å². The van der Waals surface area contributed by atoms with E-state index in [4.69, 9.17) is 0 Å². The number of fused-ring (bicyclic) bond motifs is 13. The molecule has 0 bridgehead atoms. The molecule has 9 aromatic rings. The van der Waals surface area contributed by atoms with Gasteiger partial charge >= 0.3 is 0 Å². The summed E-state index contributed by atoms with van der Waals surface area (Å²) in [6, 6.07) is 42.2. The van der Waals surface area contributed by atoms with Crippen LogP contribution in [0.2, 0.25) is 0 Å². The van der Waals surface area contributed by atoms with E-state index in [0.717, 1.165) is 5.70 Å². The van der Waals surface area contributed by atoms with E-state index in [9.17, 15) is 0 Å². The maximum Gasteiger partial charge on any atom is 0.0641 e. The molecule has 0 aliphatic heterocycles. The Morgan fingerprint density at radius 2 is 1.17 bits per heavy atom. The second kappa shape index (κ2) is 8.69. The number of hydrogen-bond donors (Lipinski definition) is 0. The molecule has 42 heavy (non-hydrogen) atoms. The summed E-state index contributed by atoms with van der Waals surface area (Å²) < 4.78 is 7.56. The van der Waals surface area contributed by atoms with Crippen LogP contribution in [0.5, 0.6) is 0 Å². The quantitative estimate of drug-likeness (QED) is 0.192. The molecule has 3 heterocycles. The molecule has 0 saturated carbocycles. The number of hydrogen-bond acceptors (Lipinski definition) is 1. The molecule has 3 aromatic heterocycles. The fraction of sp³-hybridized carbons (Fsp3) is 0.0256. The molecular weight excluding hydrogens is 529 g/mol. The van der Waals surface area contributed by atoms with Gasteiger partial charge in [0.2, 0.25) is 0 Å². The Morgan fingerprint density at radius 3 is 1.90 bits per heavy atom. The van der Waals surface area contributed by atoms with Crippen molar-refractivity contribution in [3.63, 3.8) is 0 Å². The average molecular weight is 555 g/mol. The summed E-state index contributed by atoms with van der Waals surface area (Å²) in [7, 11) is 0. The first-order valence-corrected chi connectivity index (χ1v) is 15.2. The molecule has 0 aliphatic carbocycles. The Morgan fingerprint density at radius 1 is 0.595 bits per heavy atom. The first-order valence-electron chi connectivity index (χ1n) is 14.4. The SMILES string of the molecule is C=C/C(=C\C)n1c2ccccc2c2c3c4ccccc4n(-c4cccc5c4sc4ccccc45)c3c3ccccc3c21. The van der Waals surface area contributed by atoms with Crippen LogP contribution in [0.1, 0.15) is 6.92 Å². The Hall–Kier alpha value is -5.12. The van der Waals surface area contributed by atoms with Crippen molar-refractivity contribution in [2.75, 3.05) is 0 Å². The first kappa shape index (κ1) is 23.6. The fourth-order valence-electron chi connectivity index (χ4n) is 7.16. The number of thiophene rings is 1. The Balaban J connectivity index is 1.61. The van der Waals surface area contributed by atoms with Gasteiger partial charge in [0.1, 0.15) is 0 Å². The van der Waals surface area contributed by atoms with Crippen LogP contribution in [-0.4, -0.2) is 9.13 Å². The number of aromatic nitrogens is 2. The molecule has 3 heteroatoms. The first-order chi connectivity index (χ1) is 20.8. The van der Waals surface area contributed by atoms with Gasteiger partial charge in [-0.3, -0.25) is 0 Å². The van der Waals surface area contributed by atoms with Gasteiger partial charge in [-0.1, -0.05) is 104 Å². The summed E-state index contributed by atoms with van der Waals surface area (Å²) in [5, 5.41) is 10.2. The van der Waals surface area contributed by atoms with Crippen LogP contribution in [0, 0.1) is 0 Å². The molecule has 0 aliphatic rings. The second-order valence-electron chi connectivity index (χ2n) is 10.9. The zero-order chi connectivity index (χ0) is 27.9. The van der Waals surface area contributed by atoms with E-state index < -0.39 is 0 Å². The Bertz CT molecular complexity index is 2600. The van der Waals surface area contributed by atoms with E-state index in [2.05, 4.69) is 144 Å². The summed E-state index contributed by atoms with van der Waals surface area (Å²) in [4.78, 5) is 0. The maximum atomic E-state index is 4.19. The molecule has 0 unspecified atom stereocenters. The predicted molar refractivity (Wildman–Crippen MR) is 184 cm³/mol. The lowest BCUT2D eigenvalue weighted by molar-refractivity contribution is 1.21. The van der Waals surface area contributed by atoms with E-state index in [-0.39, 0.29) is 0 Å². The van der Waals surface area contributed by atoms with Gasteiger partial charge < -0.3 is 9.13 Å². The van der Waals surface area contributed by atoms with E-state index in [0.29, 0.717) is 0 Å². The molecule has 0 fully saturated rings. The molecule has 0 atom stereocenters. The molecule has 198 valence electrons. The van der Waals surface area contributed by atoms with E-state index >= 15 is 0 Å². The molecule has 0 amide bonds. The van der Waals surface area contributed by atoms with Gasteiger partial charge in [0, 0.05) is 53.5 Å². The van der Waals surface area contributed by atoms with Crippen molar-refractivity contribution < 1.29 is 0 Å². The van der Waals surface area contributed by atoms with Crippen molar-refractivity contribution in [1.82, 2.24) is 9.13 Å². The minimum atomic E-state index is 1.09. The summed E-state index contributed by atoms with van der Waals surface area (Å²) in [6.45, 7) is 6.29. The van der Waals surface area contributed by atoms with Crippen LogP contribution in [0.4, 0.5) is 0 Å². The normalized spacial score (nSPS) is 12.6. The molecule has 6 aromatic carbocycles. The van der Waals surface area contributed by atoms with Crippen LogP contribution in [0.15, 0.2) is 134 Å². The van der Waals surface area contributed by atoms with E-state index in [1.807, 2.05) is 17.4 Å². The van der Waals surface area contributed by atoms with Crippen LogP contribution in [0.25, 0.3) is 85.9 Å². The number of rotatable bonds is 3. The summed E-state index contributed by atoms with van der Waals surface area (Å²) in [5.41, 5.74) is 7.23. The van der Waals surface area contributed by atoms with Gasteiger partial charge in [-0.25, -0.2) is 0 Å². The van der Waals surface area contributed by atoms with Crippen LogP contribution >= 0.6 is 11.3 Å². The highest BCUT2D eigenvalue weighted by molar-refractivity contribution is 7.26. The molecule has 0 saturated heterocycles. The highest BCUT2D eigenvalue weighted by Crippen LogP contribution is 2.48. The number of benzene rings is 6. The lowest BCUT2D eigenvalue weighted by Crippen LogP contribution is -1.97. The number of para-hydroxylation sites is 2.